The fourth-order valence-electron chi connectivity index (χ4n) is 2.98. The average Bonchev–Trinajstić information content (AvgIpc) is 2.50. The zero-order valence-electron chi connectivity index (χ0n) is 14.1. The van der Waals surface area contributed by atoms with Crippen LogP contribution in [0.2, 0.25) is 10.0 Å². The van der Waals surface area contributed by atoms with Crippen LogP contribution in [0.3, 0.4) is 0 Å². The summed E-state index contributed by atoms with van der Waals surface area (Å²) in [6.45, 7) is 4.73. The topological polar surface area (TPSA) is 53.9 Å². The van der Waals surface area contributed by atoms with Gasteiger partial charge in [-0.15, -0.1) is 0 Å². The quantitative estimate of drug-likeness (QED) is 0.826. The number of piperidine rings is 1. The number of hydrogen-bond acceptors (Lipinski definition) is 2. The van der Waals surface area contributed by atoms with Gasteiger partial charge in [0, 0.05) is 18.7 Å². The highest BCUT2D eigenvalue weighted by atomic mass is 35.5. The maximum absolute atomic E-state index is 12.3. The van der Waals surface area contributed by atoms with Gasteiger partial charge in [-0.1, -0.05) is 30.1 Å². The summed E-state index contributed by atoms with van der Waals surface area (Å²) in [5.74, 6) is 0.388. The van der Waals surface area contributed by atoms with Gasteiger partial charge in [-0.05, 0) is 31.0 Å². The number of hydrogen-bond donors (Lipinski definition) is 2. The molecule has 0 spiro atoms. The molecule has 24 heavy (non-hydrogen) atoms. The Labute approximate surface area is 152 Å². The summed E-state index contributed by atoms with van der Waals surface area (Å²) in [4.78, 5) is 27.1. The van der Waals surface area contributed by atoms with Gasteiger partial charge in [-0.2, -0.15) is 0 Å². The number of nitrogens with one attached hydrogen (secondary N) is 2. The third kappa shape index (κ3) is 5.65. The summed E-state index contributed by atoms with van der Waals surface area (Å²) in [5.41, 5.74) is 0.561. The minimum Gasteiger partial charge on any atom is -0.332 e. The van der Waals surface area contributed by atoms with Crippen molar-refractivity contribution in [3.05, 3.63) is 28.2 Å². The minimum absolute atomic E-state index is 0.0108. The number of carbonyl (C=O) groups excluding carboxylic acids is 2. The molecule has 1 aliphatic heterocycles. The van der Waals surface area contributed by atoms with Crippen LogP contribution >= 0.6 is 23.2 Å². The lowest BCUT2D eigenvalue weighted by atomic mass is 10.0. The summed E-state index contributed by atoms with van der Waals surface area (Å²) >= 11 is 11.8. The Bertz CT molecular complexity index is 609. The van der Waals surface area contributed by atoms with Crippen LogP contribution in [0.15, 0.2) is 18.2 Å². The Morgan fingerprint density at radius 3 is 2.75 bits per heavy atom. The van der Waals surface area contributed by atoms with Gasteiger partial charge in [-0.3, -0.25) is 9.59 Å². The number of anilines is 1. The molecule has 0 aliphatic carbocycles. The highest BCUT2D eigenvalue weighted by molar-refractivity contribution is 6.42. The molecule has 0 bridgehead atoms. The highest BCUT2D eigenvalue weighted by Crippen LogP contribution is 2.24. The Morgan fingerprint density at radius 2 is 2.08 bits per heavy atom. The van der Waals surface area contributed by atoms with E-state index < -0.39 is 0 Å². The second kappa shape index (κ2) is 8.70. The molecule has 132 valence electrons. The summed E-state index contributed by atoms with van der Waals surface area (Å²) in [6.07, 6.45) is 2.39. The molecular weight excluding hydrogens is 349 g/mol. The summed E-state index contributed by atoms with van der Waals surface area (Å²) in [6, 6.07) is 4.88. The van der Waals surface area contributed by atoms with Crippen molar-refractivity contribution in [3.63, 3.8) is 0 Å². The fraction of sp³-hybridized carbons (Fsp3) is 0.529. The average molecular weight is 373 g/mol. The van der Waals surface area contributed by atoms with E-state index in [4.69, 9.17) is 23.2 Å². The maximum atomic E-state index is 12.3. The van der Waals surface area contributed by atoms with Gasteiger partial charge in [0.15, 0.2) is 6.54 Å². The zero-order chi connectivity index (χ0) is 17.7. The second-order valence-corrected chi connectivity index (χ2v) is 7.37. The largest absolute Gasteiger partial charge is 0.332 e. The molecule has 0 aromatic heterocycles. The molecular formula is C17H24Cl2N3O2+. The van der Waals surface area contributed by atoms with E-state index in [-0.39, 0.29) is 18.4 Å². The first kappa shape index (κ1) is 19.0. The number of carbonyl (C=O) groups is 2. The first-order valence-electron chi connectivity index (χ1n) is 8.17. The number of quaternary nitrogens is 1. The van der Waals surface area contributed by atoms with Gasteiger partial charge in [0.05, 0.1) is 29.7 Å². The Balaban J connectivity index is 1.81. The molecule has 2 N–H and O–H groups in total. The van der Waals surface area contributed by atoms with Crippen LogP contribution in [0.1, 0.15) is 19.8 Å². The van der Waals surface area contributed by atoms with Crippen LogP contribution in [0.5, 0.6) is 0 Å². The predicted octanol–water partition coefficient (Wildman–Crippen LogP) is 1.71. The molecule has 1 aromatic carbocycles. The van der Waals surface area contributed by atoms with Crippen molar-refractivity contribution in [2.24, 2.45) is 5.92 Å². The lowest BCUT2D eigenvalue weighted by Gasteiger charge is -2.28. The first-order chi connectivity index (χ1) is 11.3. The molecule has 2 atom stereocenters. The van der Waals surface area contributed by atoms with Crippen LogP contribution < -0.4 is 10.2 Å². The van der Waals surface area contributed by atoms with E-state index >= 15 is 0 Å². The number of amides is 2. The Hall–Kier alpha value is -1.30. The van der Waals surface area contributed by atoms with Gasteiger partial charge < -0.3 is 15.1 Å². The lowest BCUT2D eigenvalue weighted by Crippen LogP contribution is -3.14. The standard InChI is InChI=1S/C17H23Cl2N3O2/c1-12-4-3-7-22(9-12)11-17(24)21(2)10-16(23)20-13-5-6-14(18)15(19)8-13/h5-6,8,12H,3-4,7,9-11H2,1-2H3,(H,20,23)/p+1/t12-/m0/s1. The zero-order valence-corrected chi connectivity index (χ0v) is 15.6. The van der Waals surface area contributed by atoms with Crippen LogP contribution in [0, 0.1) is 5.92 Å². The fourth-order valence-corrected chi connectivity index (χ4v) is 3.28. The molecule has 0 saturated carbocycles. The molecule has 1 saturated heterocycles. The van der Waals surface area contributed by atoms with E-state index in [9.17, 15) is 9.59 Å². The second-order valence-electron chi connectivity index (χ2n) is 6.56. The van der Waals surface area contributed by atoms with E-state index in [1.807, 2.05) is 0 Å². The number of halogens is 2. The molecule has 5 nitrogen and oxygen atoms in total. The normalized spacial score (nSPS) is 20.5. The van der Waals surface area contributed by atoms with Crippen molar-refractivity contribution in [1.82, 2.24) is 4.90 Å². The van der Waals surface area contributed by atoms with Crippen LogP contribution in [0.4, 0.5) is 5.69 Å². The summed E-state index contributed by atoms with van der Waals surface area (Å²) in [7, 11) is 1.66. The number of nitrogens with zero attached hydrogens (tertiary/aromatic N) is 1. The van der Waals surface area contributed by atoms with Crippen molar-refractivity contribution in [1.29, 1.82) is 0 Å². The predicted molar refractivity (Wildman–Crippen MR) is 96.7 cm³/mol. The molecule has 1 unspecified atom stereocenters. The van der Waals surface area contributed by atoms with E-state index in [0.29, 0.717) is 28.2 Å². The third-order valence-electron chi connectivity index (χ3n) is 4.28. The van der Waals surface area contributed by atoms with Gasteiger partial charge in [0.2, 0.25) is 5.91 Å². The molecule has 7 heteroatoms. The van der Waals surface area contributed by atoms with Crippen molar-refractivity contribution in [2.75, 3.05) is 38.5 Å². The van der Waals surface area contributed by atoms with E-state index in [0.717, 1.165) is 19.5 Å². The SMILES string of the molecule is C[C@H]1CCC[NH+](CC(=O)N(C)CC(=O)Nc2ccc(Cl)c(Cl)c2)C1. The van der Waals surface area contributed by atoms with Crippen molar-refractivity contribution >= 4 is 40.7 Å². The number of likely N-dealkylation sites (tertiary alicyclic amines) is 1. The maximum Gasteiger partial charge on any atom is 0.277 e. The van der Waals surface area contributed by atoms with Crippen LogP contribution in [-0.4, -0.2) is 49.9 Å². The molecule has 1 fully saturated rings. The smallest absolute Gasteiger partial charge is 0.277 e. The number of benzene rings is 1. The molecule has 1 aliphatic rings. The van der Waals surface area contributed by atoms with Gasteiger partial charge in [-0.25, -0.2) is 0 Å². The van der Waals surface area contributed by atoms with E-state index in [1.165, 1.54) is 16.2 Å². The third-order valence-corrected chi connectivity index (χ3v) is 5.01. The first-order valence-corrected chi connectivity index (χ1v) is 8.93. The van der Waals surface area contributed by atoms with Crippen LogP contribution in [-0.2, 0) is 9.59 Å². The number of rotatable bonds is 5. The molecule has 1 heterocycles. The summed E-state index contributed by atoms with van der Waals surface area (Å²) < 4.78 is 0. The summed E-state index contributed by atoms with van der Waals surface area (Å²) in [5, 5.41) is 3.53. The van der Waals surface area contributed by atoms with Crippen molar-refractivity contribution in [2.45, 2.75) is 19.8 Å². The van der Waals surface area contributed by atoms with E-state index in [2.05, 4.69) is 12.2 Å². The van der Waals surface area contributed by atoms with Gasteiger partial charge in [0.1, 0.15) is 0 Å². The molecule has 0 radical (unpaired) electrons. The van der Waals surface area contributed by atoms with Crippen LogP contribution in [0.25, 0.3) is 0 Å². The highest BCUT2D eigenvalue weighted by Gasteiger charge is 2.24. The molecule has 1 aromatic rings. The molecule has 2 amide bonds. The van der Waals surface area contributed by atoms with Crippen molar-refractivity contribution < 1.29 is 14.5 Å². The van der Waals surface area contributed by atoms with E-state index in [1.54, 1.807) is 25.2 Å². The Morgan fingerprint density at radius 1 is 1.33 bits per heavy atom. The minimum atomic E-state index is -0.258. The van der Waals surface area contributed by atoms with Gasteiger partial charge >= 0.3 is 0 Å². The Kier molecular flexibility index (Phi) is 6.90. The number of likely N-dealkylation sites (N-methyl/N-ethyl adjacent to an activating group) is 1. The monoisotopic (exact) mass is 372 g/mol. The van der Waals surface area contributed by atoms with Gasteiger partial charge in [0.25, 0.3) is 5.91 Å². The lowest BCUT2D eigenvalue weighted by molar-refractivity contribution is -0.900. The van der Waals surface area contributed by atoms with Crippen molar-refractivity contribution in [3.8, 4) is 0 Å². The molecule has 2 rings (SSSR count).